The molecule has 0 aliphatic carbocycles. The molecule has 2 N–H and O–H groups in total. The van der Waals surface area contributed by atoms with E-state index in [1.54, 1.807) is 18.3 Å². The molecule has 10 heteroatoms. The summed E-state index contributed by atoms with van der Waals surface area (Å²) in [5.41, 5.74) is 1.56. The van der Waals surface area contributed by atoms with Gasteiger partial charge in [0.15, 0.2) is 19.7 Å². The Labute approximate surface area is 205 Å². The molecule has 1 unspecified atom stereocenters. The number of aromatic nitrogens is 1. The van der Waals surface area contributed by atoms with Crippen molar-refractivity contribution in [3.8, 4) is 5.75 Å². The minimum Gasteiger partial charge on any atom is -0.507 e. The first-order valence-electron chi connectivity index (χ1n) is 10.9. The molecule has 0 saturated heterocycles. The third kappa shape index (κ3) is 5.88. The van der Waals surface area contributed by atoms with Crippen molar-refractivity contribution in [1.29, 1.82) is 0 Å². The van der Waals surface area contributed by atoms with Crippen molar-refractivity contribution in [2.75, 3.05) is 12.8 Å². The van der Waals surface area contributed by atoms with Crippen LogP contribution < -0.4 is 5.32 Å². The number of hydrogen-bond acceptors (Lipinski definition) is 7. The van der Waals surface area contributed by atoms with Gasteiger partial charge in [0, 0.05) is 31.1 Å². The third-order valence-corrected chi connectivity index (χ3v) is 9.43. The van der Waals surface area contributed by atoms with Gasteiger partial charge in [0.2, 0.25) is 0 Å². The number of para-hydroxylation sites is 1. The van der Waals surface area contributed by atoms with Crippen LogP contribution in [0, 0.1) is 0 Å². The Morgan fingerprint density at radius 3 is 2.23 bits per heavy atom. The van der Waals surface area contributed by atoms with E-state index in [1.165, 1.54) is 43.3 Å². The molecule has 0 spiro atoms. The zero-order chi connectivity index (χ0) is 25.9. The fourth-order valence-electron chi connectivity index (χ4n) is 3.66. The van der Waals surface area contributed by atoms with Crippen molar-refractivity contribution in [3.05, 3.63) is 83.7 Å². The second-order valence-corrected chi connectivity index (χ2v) is 13.1. The van der Waals surface area contributed by atoms with Gasteiger partial charge in [-0.15, -0.1) is 0 Å². The van der Waals surface area contributed by atoms with Gasteiger partial charge in [0.1, 0.15) is 5.75 Å². The SMILES string of the molecule is CCc1ccnc(CC(C)(CNC(=O)c2ccccc2O)S(=O)(=O)c2ccc(S(C)(=O)=O)cc2)c1. The maximum atomic E-state index is 13.8. The van der Waals surface area contributed by atoms with E-state index in [4.69, 9.17) is 0 Å². The van der Waals surface area contributed by atoms with E-state index in [0.717, 1.165) is 18.2 Å². The van der Waals surface area contributed by atoms with Gasteiger partial charge < -0.3 is 10.4 Å². The number of pyridine rings is 1. The molecule has 0 bridgehead atoms. The number of carbonyl (C=O) groups excluding carboxylic acids is 1. The van der Waals surface area contributed by atoms with Gasteiger partial charge in [-0.3, -0.25) is 9.78 Å². The fourth-order valence-corrected chi connectivity index (χ4v) is 5.95. The summed E-state index contributed by atoms with van der Waals surface area (Å²) < 4.78 is 49.7. The molecule has 0 aliphatic heterocycles. The van der Waals surface area contributed by atoms with Crippen LogP contribution in [-0.2, 0) is 32.5 Å². The average Bonchev–Trinajstić information content (AvgIpc) is 2.82. The number of benzene rings is 2. The Morgan fingerprint density at radius 1 is 1.00 bits per heavy atom. The molecule has 3 aromatic rings. The van der Waals surface area contributed by atoms with Crippen LogP contribution in [0.5, 0.6) is 5.75 Å². The standard InChI is InChI=1S/C25H28N2O6S2/c1-4-18-13-14-26-19(15-18)16-25(2,17-27-24(29)22-7-5-6-8-23(22)28)35(32,33)21-11-9-20(10-12-21)34(3,30)31/h5-15,28H,4,16-17H2,1-3H3,(H,27,29). The first kappa shape index (κ1) is 26.4. The number of nitrogens with zero attached hydrogens (tertiary/aromatic N) is 1. The van der Waals surface area contributed by atoms with E-state index >= 15 is 0 Å². The lowest BCUT2D eigenvalue weighted by atomic mass is 10.0. The van der Waals surface area contributed by atoms with Gasteiger partial charge in [0.25, 0.3) is 5.91 Å². The number of nitrogens with one attached hydrogen (secondary N) is 1. The highest BCUT2D eigenvalue weighted by Crippen LogP contribution is 2.30. The molecule has 0 fully saturated rings. The molecule has 3 rings (SSSR count). The van der Waals surface area contributed by atoms with Crippen molar-refractivity contribution in [2.24, 2.45) is 0 Å². The Bertz CT molecular complexity index is 1430. The van der Waals surface area contributed by atoms with Crippen LogP contribution in [0.4, 0.5) is 0 Å². The third-order valence-electron chi connectivity index (χ3n) is 5.83. The Balaban J connectivity index is 2.00. The minimum absolute atomic E-state index is 0.00193. The number of amides is 1. The number of aromatic hydroxyl groups is 1. The molecule has 1 amide bonds. The molecule has 0 radical (unpaired) electrons. The van der Waals surface area contributed by atoms with Gasteiger partial charge >= 0.3 is 0 Å². The Morgan fingerprint density at radius 2 is 1.63 bits per heavy atom. The normalized spacial score (nSPS) is 13.7. The van der Waals surface area contributed by atoms with Crippen LogP contribution in [0.15, 0.2) is 76.7 Å². The Kier molecular flexibility index (Phi) is 7.66. The molecule has 1 aromatic heterocycles. The summed E-state index contributed by atoms with van der Waals surface area (Å²) >= 11 is 0. The van der Waals surface area contributed by atoms with Gasteiger partial charge in [-0.05, 0) is 67.4 Å². The largest absolute Gasteiger partial charge is 0.507 e. The van der Waals surface area contributed by atoms with Gasteiger partial charge in [0.05, 0.1) is 20.1 Å². The first-order chi connectivity index (χ1) is 16.4. The summed E-state index contributed by atoms with van der Waals surface area (Å²) in [6, 6.07) is 14.7. The van der Waals surface area contributed by atoms with Crippen molar-refractivity contribution in [3.63, 3.8) is 0 Å². The summed E-state index contributed by atoms with van der Waals surface area (Å²) in [5, 5.41) is 12.6. The molecule has 8 nitrogen and oxygen atoms in total. The quantitative estimate of drug-likeness (QED) is 0.447. The van der Waals surface area contributed by atoms with E-state index in [1.807, 2.05) is 19.1 Å². The number of sulfone groups is 2. The Hall–Kier alpha value is -3.24. The highest BCUT2D eigenvalue weighted by molar-refractivity contribution is 7.93. The zero-order valence-corrected chi connectivity index (χ0v) is 21.4. The summed E-state index contributed by atoms with van der Waals surface area (Å²) in [7, 11) is -7.58. The highest BCUT2D eigenvalue weighted by Gasteiger charge is 2.41. The monoisotopic (exact) mass is 516 g/mol. The molecular formula is C25H28N2O6S2. The predicted molar refractivity (Wildman–Crippen MR) is 133 cm³/mol. The van der Waals surface area contributed by atoms with E-state index in [2.05, 4.69) is 10.3 Å². The lowest BCUT2D eigenvalue weighted by Gasteiger charge is -2.30. The van der Waals surface area contributed by atoms with Crippen molar-refractivity contribution < 1.29 is 26.7 Å². The molecule has 1 heterocycles. The fraction of sp³-hybridized carbons (Fsp3) is 0.280. The van der Waals surface area contributed by atoms with Gasteiger partial charge in [-0.2, -0.15) is 0 Å². The molecule has 1 atom stereocenters. The lowest BCUT2D eigenvalue weighted by Crippen LogP contribution is -2.48. The molecule has 2 aromatic carbocycles. The summed E-state index contributed by atoms with van der Waals surface area (Å²) in [5.74, 6) is -0.838. The van der Waals surface area contributed by atoms with Crippen molar-refractivity contribution in [1.82, 2.24) is 10.3 Å². The second kappa shape index (κ2) is 10.2. The maximum absolute atomic E-state index is 13.8. The number of phenols is 1. The van der Waals surface area contributed by atoms with Crippen LogP contribution in [0.3, 0.4) is 0 Å². The van der Waals surface area contributed by atoms with Crippen LogP contribution in [-0.4, -0.2) is 50.4 Å². The maximum Gasteiger partial charge on any atom is 0.255 e. The minimum atomic E-state index is -4.08. The molecular weight excluding hydrogens is 488 g/mol. The van der Waals surface area contributed by atoms with E-state index in [-0.39, 0.29) is 34.1 Å². The topological polar surface area (TPSA) is 130 Å². The van der Waals surface area contributed by atoms with Crippen molar-refractivity contribution >= 4 is 25.6 Å². The van der Waals surface area contributed by atoms with Crippen LogP contribution >= 0.6 is 0 Å². The molecule has 0 aliphatic rings. The number of phenolic OH excluding ortho intramolecular Hbond substituents is 1. The second-order valence-electron chi connectivity index (χ2n) is 8.58. The van der Waals surface area contributed by atoms with Crippen LogP contribution in [0.1, 0.15) is 35.5 Å². The van der Waals surface area contributed by atoms with Gasteiger partial charge in [-0.25, -0.2) is 16.8 Å². The molecule has 35 heavy (non-hydrogen) atoms. The summed E-state index contributed by atoms with van der Waals surface area (Å²) in [6.07, 6.45) is 3.40. The number of rotatable bonds is 9. The van der Waals surface area contributed by atoms with E-state index in [9.17, 15) is 26.7 Å². The van der Waals surface area contributed by atoms with E-state index in [0.29, 0.717) is 5.69 Å². The first-order valence-corrected chi connectivity index (χ1v) is 14.3. The zero-order valence-electron chi connectivity index (χ0n) is 19.7. The van der Waals surface area contributed by atoms with Crippen molar-refractivity contribution in [2.45, 2.75) is 41.2 Å². The number of hydrogen-bond donors (Lipinski definition) is 2. The average molecular weight is 517 g/mol. The highest BCUT2D eigenvalue weighted by atomic mass is 32.2. The predicted octanol–water partition coefficient (Wildman–Crippen LogP) is 2.96. The molecule has 0 saturated carbocycles. The number of carbonyl (C=O) groups is 1. The smallest absolute Gasteiger partial charge is 0.255 e. The summed E-state index contributed by atoms with van der Waals surface area (Å²) in [4.78, 5) is 17.0. The lowest BCUT2D eigenvalue weighted by molar-refractivity contribution is 0.0947. The van der Waals surface area contributed by atoms with Crippen LogP contribution in [0.25, 0.3) is 0 Å². The number of aryl methyl sites for hydroxylation is 1. The summed E-state index contributed by atoms with van der Waals surface area (Å²) in [6.45, 7) is 3.22. The van der Waals surface area contributed by atoms with E-state index < -0.39 is 30.3 Å². The van der Waals surface area contributed by atoms with Crippen LogP contribution in [0.2, 0.25) is 0 Å². The van der Waals surface area contributed by atoms with Gasteiger partial charge in [-0.1, -0.05) is 19.1 Å². The molecule has 186 valence electrons.